The van der Waals surface area contributed by atoms with Crippen molar-refractivity contribution in [1.82, 2.24) is 4.90 Å². The van der Waals surface area contributed by atoms with Gasteiger partial charge in [-0.05, 0) is 68.7 Å². The average Bonchev–Trinajstić information content (AvgIpc) is 3.20. The van der Waals surface area contributed by atoms with E-state index in [-0.39, 0.29) is 23.4 Å². The highest BCUT2D eigenvalue weighted by atomic mass is 16.5. The Labute approximate surface area is 230 Å². The van der Waals surface area contributed by atoms with Crippen molar-refractivity contribution in [3.8, 4) is 11.5 Å². The molecule has 3 aromatic rings. The quantitative estimate of drug-likeness (QED) is 0.215. The number of rotatable bonds is 9. The number of carbonyl (C=O) groups is 2. The summed E-state index contributed by atoms with van der Waals surface area (Å²) in [5, 5.41) is 11.7. The third kappa shape index (κ3) is 5.21. The second-order valence-corrected chi connectivity index (χ2v) is 9.66. The molecule has 1 fully saturated rings. The molecule has 0 aromatic heterocycles. The van der Waals surface area contributed by atoms with Crippen molar-refractivity contribution in [2.24, 2.45) is 0 Å². The van der Waals surface area contributed by atoms with Crippen molar-refractivity contribution < 1.29 is 24.2 Å². The zero-order chi connectivity index (χ0) is 28.3. The molecule has 0 saturated carbocycles. The van der Waals surface area contributed by atoms with Crippen LogP contribution in [0.4, 0.5) is 5.69 Å². The van der Waals surface area contributed by atoms with Crippen molar-refractivity contribution in [2.45, 2.75) is 40.3 Å². The van der Waals surface area contributed by atoms with Gasteiger partial charge in [0, 0.05) is 25.3 Å². The molecule has 1 heterocycles. The fourth-order valence-corrected chi connectivity index (χ4v) is 5.22. The molecule has 1 amide bonds. The summed E-state index contributed by atoms with van der Waals surface area (Å²) >= 11 is 0. The monoisotopic (exact) mass is 528 g/mol. The highest BCUT2D eigenvalue weighted by Crippen LogP contribution is 2.44. The van der Waals surface area contributed by atoms with E-state index in [1.54, 1.807) is 23.1 Å². The SMILES string of the molecule is CCN(CC)c1ccc(C2/C(=C(\O)c3c(OC)cccc3OC)C(=O)C(=O)N2Cc2cc(C)ccc2C)cc1. The Morgan fingerprint density at radius 1 is 0.923 bits per heavy atom. The van der Waals surface area contributed by atoms with Gasteiger partial charge in [0.05, 0.1) is 25.8 Å². The molecule has 1 aliphatic heterocycles. The Morgan fingerprint density at radius 3 is 2.10 bits per heavy atom. The number of ketones is 1. The number of aryl methyl sites for hydroxylation is 2. The second kappa shape index (κ2) is 11.6. The van der Waals surface area contributed by atoms with Gasteiger partial charge in [-0.15, -0.1) is 0 Å². The highest BCUT2D eigenvalue weighted by Gasteiger charge is 2.46. The molecule has 1 saturated heterocycles. The first-order valence-electron chi connectivity index (χ1n) is 13.2. The van der Waals surface area contributed by atoms with Crippen molar-refractivity contribution in [2.75, 3.05) is 32.2 Å². The molecular formula is C32H36N2O5. The standard InChI is InChI=1S/C32H36N2O5/c1-7-33(8-2)24-16-14-22(15-17-24)29-28(30(35)27-25(38-5)10-9-11-26(27)39-6)31(36)32(37)34(29)19-23-18-20(3)12-13-21(23)4/h9-18,29,35H,7-8,19H2,1-6H3/b30-28+. The number of ether oxygens (including phenoxy) is 2. The van der Waals surface area contributed by atoms with Crippen LogP contribution in [0.5, 0.6) is 11.5 Å². The number of benzene rings is 3. The summed E-state index contributed by atoms with van der Waals surface area (Å²) in [4.78, 5) is 31.0. The summed E-state index contributed by atoms with van der Waals surface area (Å²) in [6.45, 7) is 10.1. The van der Waals surface area contributed by atoms with E-state index in [4.69, 9.17) is 9.47 Å². The summed E-state index contributed by atoms with van der Waals surface area (Å²) < 4.78 is 11.0. The van der Waals surface area contributed by atoms with Crippen molar-refractivity contribution in [3.05, 3.63) is 94.1 Å². The largest absolute Gasteiger partial charge is 0.506 e. The number of likely N-dealkylation sites (tertiary alicyclic amines) is 1. The van der Waals surface area contributed by atoms with E-state index >= 15 is 0 Å². The molecule has 1 aliphatic rings. The van der Waals surface area contributed by atoms with Crippen LogP contribution in [0.25, 0.3) is 5.76 Å². The van der Waals surface area contributed by atoms with Crippen LogP contribution in [0.3, 0.4) is 0 Å². The first-order chi connectivity index (χ1) is 18.7. The normalized spacial score (nSPS) is 16.5. The van der Waals surface area contributed by atoms with Crippen LogP contribution < -0.4 is 14.4 Å². The predicted octanol–water partition coefficient (Wildman–Crippen LogP) is 5.79. The van der Waals surface area contributed by atoms with E-state index in [2.05, 4.69) is 18.7 Å². The first kappa shape index (κ1) is 27.8. The van der Waals surface area contributed by atoms with Gasteiger partial charge >= 0.3 is 0 Å². The number of nitrogens with zero attached hydrogens (tertiary/aromatic N) is 2. The minimum absolute atomic E-state index is 0.00342. The van der Waals surface area contributed by atoms with Crippen LogP contribution in [0.2, 0.25) is 0 Å². The van der Waals surface area contributed by atoms with Crippen LogP contribution in [0.1, 0.15) is 47.7 Å². The van der Waals surface area contributed by atoms with Crippen LogP contribution in [-0.2, 0) is 16.1 Å². The third-order valence-corrected chi connectivity index (χ3v) is 7.39. The van der Waals surface area contributed by atoms with Crippen molar-refractivity contribution in [1.29, 1.82) is 0 Å². The molecule has 204 valence electrons. The number of hydrogen-bond donors (Lipinski definition) is 1. The van der Waals surface area contributed by atoms with Gasteiger partial charge in [0.1, 0.15) is 22.8 Å². The molecule has 3 aromatic carbocycles. The molecular weight excluding hydrogens is 492 g/mol. The van der Waals surface area contributed by atoms with E-state index in [0.717, 1.165) is 41.0 Å². The number of methoxy groups -OCH3 is 2. The van der Waals surface area contributed by atoms with Gasteiger partial charge in [-0.25, -0.2) is 0 Å². The predicted molar refractivity (Wildman–Crippen MR) is 153 cm³/mol. The van der Waals surface area contributed by atoms with Gasteiger partial charge in [0.2, 0.25) is 0 Å². The fraction of sp³-hybridized carbons (Fsp3) is 0.312. The van der Waals surface area contributed by atoms with E-state index in [1.165, 1.54) is 14.2 Å². The number of amides is 1. The molecule has 4 rings (SSSR count). The number of Topliss-reactive ketones (excluding diaryl/α,β-unsaturated/α-hetero) is 1. The molecule has 1 unspecified atom stereocenters. The Bertz CT molecular complexity index is 1380. The third-order valence-electron chi connectivity index (χ3n) is 7.39. The summed E-state index contributed by atoms with van der Waals surface area (Å²) in [5.41, 5.74) is 5.03. The van der Waals surface area contributed by atoms with E-state index in [0.29, 0.717) is 11.5 Å². The van der Waals surface area contributed by atoms with E-state index < -0.39 is 17.7 Å². The van der Waals surface area contributed by atoms with Crippen LogP contribution in [-0.4, -0.2) is 49.0 Å². The maximum atomic E-state index is 13.6. The van der Waals surface area contributed by atoms with Crippen LogP contribution in [0.15, 0.2) is 66.2 Å². The zero-order valence-electron chi connectivity index (χ0n) is 23.4. The summed E-state index contributed by atoms with van der Waals surface area (Å²) in [6, 6.07) is 18.2. The Balaban J connectivity index is 1.93. The van der Waals surface area contributed by atoms with Gasteiger partial charge in [0.25, 0.3) is 11.7 Å². The lowest BCUT2D eigenvalue weighted by atomic mass is 9.94. The molecule has 7 nitrogen and oxygen atoms in total. The first-order valence-corrected chi connectivity index (χ1v) is 13.2. The molecule has 0 aliphatic carbocycles. The topological polar surface area (TPSA) is 79.3 Å². The molecule has 39 heavy (non-hydrogen) atoms. The minimum atomic E-state index is -0.801. The molecule has 0 spiro atoms. The Kier molecular flexibility index (Phi) is 8.29. The lowest BCUT2D eigenvalue weighted by molar-refractivity contribution is -0.140. The van der Waals surface area contributed by atoms with E-state index in [1.807, 2.05) is 56.3 Å². The van der Waals surface area contributed by atoms with Crippen LogP contribution in [0, 0.1) is 13.8 Å². The van der Waals surface area contributed by atoms with Crippen molar-refractivity contribution in [3.63, 3.8) is 0 Å². The number of aliphatic hydroxyl groups excluding tert-OH is 1. The minimum Gasteiger partial charge on any atom is -0.506 e. The zero-order valence-corrected chi connectivity index (χ0v) is 23.4. The number of carbonyl (C=O) groups excluding carboxylic acids is 2. The fourth-order valence-electron chi connectivity index (χ4n) is 5.22. The highest BCUT2D eigenvalue weighted by molar-refractivity contribution is 6.46. The van der Waals surface area contributed by atoms with Gasteiger partial charge in [-0.1, -0.05) is 42.0 Å². The van der Waals surface area contributed by atoms with Gasteiger partial charge in [0.15, 0.2) is 0 Å². The molecule has 1 atom stereocenters. The van der Waals surface area contributed by atoms with Gasteiger partial charge < -0.3 is 24.4 Å². The second-order valence-electron chi connectivity index (χ2n) is 9.66. The molecule has 0 bridgehead atoms. The average molecular weight is 529 g/mol. The molecule has 0 radical (unpaired) electrons. The van der Waals surface area contributed by atoms with Crippen molar-refractivity contribution >= 4 is 23.1 Å². The molecule has 7 heteroatoms. The lowest BCUT2D eigenvalue weighted by Gasteiger charge is -2.27. The summed E-state index contributed by atoms with van der Waals surface area (Å²) in [6.07, 6.45) is 0. The number of aliphatic hydroxyl groups is 1. The van der Waals surface area contributed by atoms with E-state index in [9.17, 15) is 14.7 Å². The molecule has 1 N–H and O–H groups in total. The Morgan fingerprint density at radius 2 is 1.54 bits per heavy atom. The van der Waals surface area contributed by atoms with Gasteiger partial charge in [-0.3, -0.25) is 9.59 Å². The van der Waals surface area contributed by atoms with Gasteiger partial charge in [-0.2, -0.15) is 0 Å². The smallest absolute Gasteiger partial charge is 0.295 e. The Hall–Kier alpha value is -4.26. The lowest BCUT2D eigenvalue weighted by Crippen LogP contribution is -2.29. The maximum absolute atomic E-state index is 13.6. The maximum Gasteiger partial charge on any atom is 0.295 e. The number of hydrogen-bond acceptors (Lipinski definition) is 6. The summed E-state index contributed by atoms with van der Waals surface area (Å²) in [5.74, 6) is -1.07. The van der Waals surface area contributed by atoms with Crippen LogP contribution >= 0.6 is 0 Å². The number of anilines is 1. The summed E-state index contributed by atoms with van der Waals surface area (Å²) in [7, 11) is 2.96.